The van der Waals surface area contributed by atoms with E-state index >= 15 is 0 Å². The summed E-state index contributed by atoms with van der Waals surface area (Å²) in [4.78, 5) is 4.73. The van der Waals surface area contributed by atoms with Crippen LogP contribution < -0.4 is 9.80 Å². The number of fused-ring (bicyclic) bond motifs is 7. The van der Waals surface area contributed by atoms with Gasteiger partial charge in [0.1, 0.15) is 11.2 Å². The Bertz CT molecular complexity index is 2840. The summed E-state index contributed by atoms with van der Waals surface area (Å²) in [6, 6.07) is 69.3. The Hall–Kier alpha value is -6.84. The lowest BCUT2D eigenvalue weighted by atomic mass is 9.97. The highest BCUT2D eigenvalue weighted by Gasteiger charge is 2.21. The fourth-order valence-corrected chi connectivity index (χ4v) is 7.61. The van der Waals surface area contributed by atoms with Crippen molar-refractivity contribution in [1.29, 1.82) is 0 Å². The quantitative estimate of drug-likeness (QED) is 0.167. The SMILES string of the molecule is c1ccc(N(c2ccccc2)c2cccc(N(c3ccc4ccccc4c3)c3cc4cc5oc6ccccc6c5cc4c4ccccc34)c2)cc1. The first kappa shape index (κ1) is 29.1. The molecule has 0 saturated heterocycles. The Balaban J connectivity index is 1.24. The van der Waals surface area contributed by atoms with Crippen molar-refractivity contribution in [1.82, 2.24) is 0 Å². The Morgan fingerprint density at radius 1 is 0.275 bits per heavy atom. The molecule has 0 bridgehead atoms. The van der Waals surface area contributed by atoms with Crippen LogP contribution in [0.15, 0.2) is 199 Å². The van der Waals surface area contributed by atoms with Crippen LogP contribution in [0.25, 0.3) is 54.3 Å². The highest BCUT2D eigenvalue weighted by atomic mass is 16.3. The van der Waals surface area contributed by atoms with Gasteiger partial charge in [0.15, 0.2) is 0 Å². The molecule has 0 saturated carbocycles. The molecule has 0 unspecified atom stereocenters. The molecule has 9 aromatic carbocycles. The fourth-order valence-electron chi connectivity index (χ4n) is 7.61. The van der Waals surface area contributed by atoms with Crippen LogP contribution in [0.5, 0.6) is 0 Å². The summed E-state index contributed by atoms with van der Waals surface area (Å²) < 4.78 is 6.40. The molecule has 10 rings (SSSR count). The lowest BCUT2D eigenvalue weighted by molar-refractivity contribution is 0.669. The summed E-state index contributed by atoms with van der Waals surface area (Å²) >= 11 is 0. The Kier molecular flexibility index (Phi) is 6.81. The summed E-state index contributed by atoms with van der Waals surface area (Å²) in [6.07, 6.45) is 0. The predicted octanol–water partition coefficient (Wildman–Crippen LogP) is 14.0. The Morgan fingerprint density at radius 2 is 0.863 bits per heavy atom. The van der Waals surface area contributed by atoms with Crippen molar-refractivity contribution in [3.8, 4) is 0 Å². The first-order valence-corrected chi connectivity index (χ1v) is 17.3. The van der Waals surface area contributed by atoms with Crippen LogP contribution in [0.2, 0.25) is 0 Å². The van der Waals surface area contributed by atoms with Crippen LogP contribution in [0.3, 0.4) is 0 Å². The molecule has 3 heteroatoms. The molecule has 0 aliphatic heterocycles. The van der Waals surface area contributed by atoms with Gasteiger partial charge in [-0.1, -0.05) is 115 Å². The molecule has 0 amide bonds. The topological polar surface area (TPSA) is 19.6 Å². The van der Waals surface area contributed by atoms with E-state index in [0.29, 0.717) is 0 Å². The molecule has 0 atom stereocenters. The van der Waals surface area contributed by atoms with Crippen molar-refractivity contribution < 1.29 is 4.42 Å². The van der Waals surface area contributed by atoms with E-state index in [4.69, 9.17) is 4.42 Å². The first-order chi connectivity index (χ1) is 25.3. The number of anilines is 6. The minimum atomic E-state index is 0.894. The summed E-state index contributed by atoms with van der Waals surface area (Å²) in [5.74, 6) is 0. The molecule has 0 N–H and O–H groups in total. The van der Waals surface area contributed by atoms with Crippen LogP contribution in [0.1, 0.15) is 0 Å². The number of nitrogens with zero attached hydrogens (tertiary/aromatic N) is 2. The molecular weight excluding hydrogens is 621 g/mol. The van der Waals surface area contributed by atoms with Gasteiger partial charge in [0.05, 0.1) is 5.69 Å². The van der Waals surface area contributed by atoms with Gasteiger partial charge in [-0.3, -0.25) is 0 Å². The van der Waals surface area contributed by atoms with E-state index in [2.05, 4.69) is 192 Å². The lowest BCUT2D eigenvalue weighted by Crippen LogP contribution is -2.13. The Morgan fingerprint density at radius 3 is 1.63 bits per heavy atom. The van der Waals surface area contributed by atoms with Crippen molar-refractivity contribution in [3.63, 3.8) is 0 Å². The van der Waals surface area contributed by atoms with Gasteiger partial charge in [-0.15, -0.1) is 0 Å². The smallest absolute Gasteiger partial charge is 0.136 e. The standard InChI is InChI=1S/C48H32N2O/c1-3-16-36(17-4-1)49(37-18-5-2-6-19-37)38-20-13-21-39(31-38)50(40-27-26-33-14-7-8-15-34(33)28-40)46-29-35-30-48-45(43-24-11-12-25-47(43)51-48)32-44(35)41-22-9-10-23-42(41)46/h1-32H. The van der Waals surface area contributed by atoms with E-state index in [1.54, 1.807) is 0 Å². The molecule has 0 aliphatic carbocycles. The van der Waals surface area contributed by atoms with E-state index in [1.807, 2.05) is 12.1 Å². The van der Waals surface area contributed by atoms with E-state index in [-0.39, 0.29) is 0 Å². The van der Waals surface area contributed by atoms with E-state index in [9.17, 15) is 0 Å². The molecule has 0 fully saturated rings. The number of furan rings is 1. The largest absolute Gasteiger partial charge is 0.456 e. The van der Waals surface area contributed by atoms with Gasteiger partial charge >= 0.3 is 0 Å². The zero-order valence-corrected chi connectivity index (χ0v) is 27.8. The van der Waals surface area contributed by atoms with Crippen LogP contribution in [0, 0.1) is 0 Å². The first-order valence-electron chi connectivity index (χ1n) is 17.3. The van der Waals surface area contributed by atoms with Crippen molar-refractivity contribution in [3.05, 3.63) is 194 Å². The summed E-state index contributed by atoms with van der Waals surface area (Å²) in [7, 11) is 0. The molecule has 1 aromatic heterocycles. The molecule has 0 radical (unpaired) electrons. The van der Waals surface area contributed by atoms with Crippen molar-refractivity contribution in [2.45, 2.75) is 0 Å². The van der Waals surface area contributed by atoms with Crippen LogP contribution in [-0.4, -0.2) is 0 Å². The molecule has 10 aromatic rings. The van der Waals surface area contributed by atoms with Crippen LogP contribution in [-0.2, 0) is 0 Å². The van der Waals surface area contributed by atoms with E-state index in [0.717, 1.165) is 61.4 Å². The minimum Gasteiger partial charge on any atom is -0.456 e. The molecule has 51 heavy (non-hydrogen) atoms. The fraction of sp³-hybridized carbons (Fsp3) is 0. The van der Waals surface area contributed by atoms with Gasteiger partial charge in [0, 0.05) is 44.6 Å². The van der Waals surface area contributed by atoms with Crippen LogP contribution in [0.4, 0.5) is 34.1 Å². The number of para-hydroxylation sites is 3. The van der Waals surface area contributed by atoms with Crippen LogP contribution >= 0.6 is 0 Å². The van der Waals surface area contributed by atoms with E-state index < -0.39 is 0 Å². The zero-order valence-electron chi connectivity index (χ0n) is 27.8. The monoisotopic (exact) mass is 652 g/mol. The third-order valence-electron chi connectivity index (χ3n) is 9.94. The average molecular weight is 653 g/mol. The highest BCUT2D eigenvalue weighted by molar-refractivity contribution is 6.20. The molecular formula is C48H32N2O. The Labute approximate surface area is 295 Å². The number of hydrogen-bond acceptors (Lipinski definition) is 3. The molecule has 1 heterocycles. The number of hydrogen-bond donors (Lipinski definition) is 0. The summed E-state index contributed by atoms with van der Waals surface area (Å²) in [6.45, 7) is 0. The number of benzene rings is 9. The number of rotatable bonds is 6. The van der Waals surface area contributed by atoms with Gasteiger partial charge in [-0.05, 0) is 106 Å². The third-order valence-corrected chi connectivity index (χ3v) is 9.94. The van der Waals surface area contributed by atoms with Gasteiger partial charge in [0.2, 0.25) is 0 Å². The van der Waals surface area contributed by atoms with E-state index in [1.165, 1.54) is 26.9 Å². The second-order valence-corrected chi connectivity index (χ2v) is 13.0. The minimum absolute atomic E-state index is 0.894. The van der Waals surface area contributed by atoms with Gasteiger partial charge in [0.25, 0.3) is 0 Å². The summed E-state index contributed by atoms with van der Waals surface area (Å²) in [5, 5.41) is 9.40. The lowest BCUT2D eigenvalue weighted by Gasteiger charge is -2.30. The maximum absolute atomic E-state index is 6.40. The molecule has 0 spiro atoms. The molecule has 240 valence electrons. The van der Waals surface area contributed by atoms with Gasteiger partial charge in [-0.25, -0.2) is 0 Å². The van der Waals surface area contributed by atoms with Gasteiger partial charge in [-0.2, -0.15) is 0 Å². The summed E-state index contributed by atoms with van der Waals surface area (Å²) in [5.41, 5.74) is 8.33. The van der Waals surface area contributed by atoms with Gasteiger partial charge < -0.3 is 14.2 Å². The third kappa shape index (κ3) is 4.98. The zero-order chi connectivity index (χ0) is 33.7. The normalized spacial score (nSPS) is 11.5. The van der Waals surface area contributed by atoms with Crippen molar-refractivity contribution in [2.24, 2.45) is 0 Å². The van der Waals surface area contributed by atoms with Crippen molar-refractivity contribution >= 4 is 88.4 Å². The second kappa shape index (κ2) is 11.9. The molecule has 3 nitrogen and oxygen atoms in total. The predicted molar refractivity (Wildman–Crippen MR) is 216 cm³/mol. The second-order valence-electron chi connectivity index (χ2n) is 13.0. The maximum atomic E-state index is 6.40. The van der Waals surface area contributed by atoms with Crippen molar-refractivity contribution in [2.75, 3.05) is 9.80 Å². The maximum Gasteiger partial charge on any atom is 0.136 e. The average Bonchev–Trinajstić information content (AvgIpc) is 3.56. The molecule has 0 aliphatic rings. The highest BCUT2D eigenvalue weighted by Crippen LogP contribution is 2.46.